The summed E-state index contributed by atoms with van der Waals surface area (Å²) in [5, 5.41) is 0. The summed E-state index contributed by atoms with van der Waals surface area (Å²) >= 11 is 0. The molecule has 0 N–H and O–H groups in total. The summed E-state index contributed by atoms with van der Waals surface area (Å²) in [5.74, 6) is 0. The van der Waals surface area contributed by atoms with Crippen LogP contribution >= 0.6 is 0 Å². The van der Waals surface area contributed by atoms with Crippen molar-refractivity contribution in [2.45, 2.75) is 0 Å². The summed E-state index contributed by atoms with van der Waals surface area (Å²) in [5.41, 5.74) is 0. The average Bonchev–Trinajstić information content (AvgIpc) is 0. The normalized spacial score (nSPS) is 0. The molecule has 0 rings (SSSR count). The van der Waals surface area contributed by atoms with E-state index in [2.05, 4.69) is 0 Å². The summed E-state index contributed by atoms with van der Waals surface area (Å²) in [4.78, 5) is 0. The molecule has 0 atom stereocenters. The summed E-state index contributed by atoms with van der Waals surface area (Å²) in [6.45, 7) is 0. The zero-order valence-electron chi connectivity index (χ0n) is 4.56. The van der Waals surface area contributed by atoms with Gasteiger partial charge >= 0.3 is 48.9 Å². The molecule has 0 aliphatic rings. The molecule has 0 heterocycles. The molecule has 0 aliphatic carbocycles. The van der Waals surface area contributed by atoms with Gasteiger partial charge in [-0.25, -0.2) is 0 Å². The van der Waals surface area contributed by atoms with E-state index in [0.29, 0.717) is 0 Å². The Morgan fingerprint density at radius 1 is 0.300 bits per heavy atom. The van der Waals surface area contributed by atoms with E-state index < -0.39 is 0 Å². The Morgan fingerprint density at radius 2 is 0.300 bits per heavy atom. The van der Waals surface area contributed by atoms with Crippen molar-refractivity contribution in [2.24, 2.45) is 0 Å². The molecular weight excluding hydrogens is 725 g/mol. The third-order valence-corrected chi connectivity index (χ3v) is 0. The van der Waals surface area contributed by atoms with Crippen molar-refractivity contribution >= 4 is 48.9 Å². The van der Waals surface area contributed by atoms with E-state index in [9.17, 15) is 0 Å². The van der Waals surface area contributed by atoms with Gasteiger partial charge in [-0.2, -0.15) is 0 Å². The van der Waals surface area contributed by atoms with Crippen molar-refractivity contribution in [1.29, 1.82) is 0 Å². The molecule has 0 bridgehead atoms. The first kappa shape index (κ1) is 179. The second-order valence-electron chi connectivity index (χ2n) is 0. The van der Waals surface area contributed by atoms with Gasteiger partial charge in [-0.15, -0.1) is 0 Å². The van der Waals surface area contributed by atoms with Gasteiger partial charge in [0.1, 0.15) is 0 Å². The SMILES string of the molecule is [Ba+2].[O-2].[O-2].[O-2].[O-2].[O-2].[O-2].[O-2].[U].[U]. The van der Waals surface area contributed by atoms with Crippen LogP contribution in [-0.4, -0.2) is 48.9 Å². The van der Waals surface area contributed by atoms with Crippen molar-refractivity contribution < 1.29 is 101 Å². The monoisotopic (exact) mass is 726 g/mol. The standard InChI is InChI=1S/Ba.7O.2U/q+2;7*-2;;. The third-order valence-electron chi connectivity index (χ3n) is 0. The molecule has 0 aromatic heterocycles. The van der Waals surface area contributed by atoms with Crippen molar-refractivity contribution in [3.05, 3.63) is 0 Å². The van der Waals surface area contributed by atoms with E-state index >= 15 is 0 Å². The molecule has 0 fully saturated rings. The zero-order valence-corrected chi connectivity index (χ0v) is 17.3. The fourth-order valence-electron chi connectivity index (χ4n) is 0. The molecule has 0 saturated heterocycles. The van der Waals surface area contributed by atoms with E-state index in [-0.39, 0.29) is 149 Å². The molecular formula is BaO7U2-12. The fourth-order valence-corrected chi connectivity index (χ4v) is 0. The van der Waals surface area contributed by atoms with Crippen molar-refractivity contribution in [2.75, 3.05) is 0 Å². The molecule has 0 aromatic rings. The Hall–Kier alpha value is 3.40. The number of hydrogen-bond acceptors (Lipinski definition) is 0. The summed E-state index contributed by atoms with van der Waals surface area (Å²) < 4.78 is 0. The Bertz CT molecular complexity index is 11.6. The van der Waals surface area contributed by atoms with Crippen LogP contribution in [0.25, 0.3) is 0 Å². The molecule has 0 amide bonds. The van der Waals surface area contributed by atoms with E-state index in [1.165, 1.54) is 0 Å². The van der Waals surface area contributed by atoms with Crippen LogP contribution in [0.4, 0.5) is 0 Å². The second-order valence-corrected chi connectivity index (χ2v) is 0. The van der Waals surface area contributed by atoms with Gasteiger partial charge in [-0.1, -0.05) is 0 Å². The molecule has 0 unspecified atom stereocenters. The van der Waals surface area contributed by atoms with E-state index in [1.807, 2.05) is 0 Å². The van der Waals surface area contributed by atoms with Crippen LogP contribution in [0.1, 0.15) is 0 Å². The molecule has 10 heteroatoms. The first-order valence-corrected chi connectivity index (χ1v) is 0. The molecule has 0 aliphatic heterocycles. The maximum Gasteiger partial charge on any atom is 2.00 e. The predicted molar refractivity (Wildman–Crippen MR) is 10.6 cm³/mol. The molecule has 0 saturated carbocycles. The van der Waals surface area contributed by atoms with Crippen LogP contribution in [0, 0.1) is 62.2 Å². The molecule has 10 heavy (non-hydrogen) atoms. The Morgan fingerprint density at radius 3 is 0.300 bits per heavy atom. The van der Waals surface area contributed by atoms with E-state index in [4.69, 9.17) is 0 Å². The maximum atomic E-state index is 0. The van der Waals surface area contributed by atoms with Crippen molar-refractivity contribution in [1.82, 2.24) is 0 Å². The van der Waals surface area contributed by atoms with Gasteiger partial charge in [0.15, 0.2) is 0 Å². The summed E-state index contributed by atoms with van der Waals surface area (Å²) in [6.07, 6.45) is 0. The van der Waals surface area contributed by atoms with Crippen LogP contribution in [0.15, 0.2) is 0 Å². The van der Waals surface area contributed by atoms with Gasteiger partial charge in [-0.05, 0) is 0 Å². The van der Waals surface area contributed by atoms with Crippen LogP contribution < -0.4 is 0 Å². The van der Waals surface area contributed by atoms with E-state index in [0.717, 1.165) is 0 Å². The zero-order chi connectivity index (χ0) is 0. The predicted octanol–water partition coefficient (Wildman–Crippen LogP) is -1.21. The Labute approximate surface area is 146 Å². The minimum Gasteiger partial charge on any atom is -2.00 e. The van der Waals surface area contributed by atoms with Gasteiger partial charge in [0.05, 0.1) is 0 Å². The van der Waals surface area contributed by atoms with Gasteiger partial charge in [-0.3, -0.25) is 0 Å². The number of hydrogen-bond donors (Lipinski definition) is 0. The first-order chi connectivity index (χ1) is 0. The van der Waals surface area contributed by atoms with Crippen LogP contribution in [-0.2, 0) is 38.3 Å². The Kier molecular flexibility index (Phi) is 2490. The largest absolute Gasteiger partial charge is 2.00 e. The molecule has 64 valence electrons. The fraction of sp³-hybridized carbons (Fsp3) is 0. The second kappa shape index (κ2) is 140. The smallest absolute Gasteiger partial charge is 2.00 e. The van der Waals surface area contributed by atoms with Crippen LogP contribution in [0.2, 0.25) is 0 Å². The quantitative estimate of drug-likeness (QED) is 0.270. The van der Waals surface area contributed by atoms with Gasteiger partial charge < -0.3 is 38.3 Å². The molecule has 7 nitrogen and oxygen atoms in total. The van der Waals surface area contributed by atoms with Gasteiger partial charge in [0.2, 0.25) is 0 Å². The topological polar surface area (TPSA) is 200 Å². The van der Waals surface area contributed by atoms with Crippen LogP contribution in [0.5, 0.6) is 0 Å². The minimum absolute atomic E-state index is 0. The summed E-state index contributed by atoms with van der Waals surface area (Å²) in [6, 6.07) is 0. The van der Waals surface area contributed by atoms with Crippen LogP contribution in [0.3, 0.4) is 0 Å². The number of rotatable bonds is 0. The van der Waals surface area contributed by atoms with Gasteiger partial charge in [0, 0.05) is 62.2 Å². The first-order valence-electron chi connectivity index (χ1n) is 0. The van der Waals surface area contributed by atoms with E-state index in [1.54, 1.807) is 0 Å². The molecule has 0 radical (unpaired) electrons. The third kappa shape index (κ3) is 107. The van der Waals surface area contributed by atoms with Crippen molar-refractivity contribution in [3.63, 3.8) is 0 Å². The molecule has 0 spiro atoms. The average molecular weight is 725 g/mol. The van der Waals surface area contributed by atoms with Gasteiger partial charge in [0.25, 0.3) is 0 Å². The maximum absolute atomic E-state index is 0. The minimum atomic E-state index is 0. The van der Waals surface area contributed by atoms with Crippen molar-refractivity contribution in [3.8, 4) is 0 Å². The summed E-state index contributed by atoms with van der Waals surface area (Å²) in [7, 11) is 0. The molecule has 0 aromatic carbocycles. The Balaban J connectivity index is 0.